The Morgan fingerprint density at radius 3 is 0.552 bits per heavy atom. The molecule has 0 aliphatic heterocycles. The van der Waals surface area contributed by atoms with Gasteiger partial charge in [0, 0.05) is 0 Å². The minimum Gasteiger partial charge on any atom is -0.207 e. The molecule has 0 spiro atoms. The van der Waals surface area contributed by atoms with Crippen LogP contribution in [0.2, 0.25) is 0 Å². The maximum atomic E-state index is 15.4. The lowest BCUT2D eigenvalue weighted by molar-refractivity contribution is -0.597. The third-order valence-corrected chi connectivity index (χ3v) is 11.1. The molecule has 0 nitrogen and oxygen atoms in total. The van der Waals surface area contributed by atoms with Gasteiger partial charge in [0.05, 0.1) is 0 Å². The summed E-state index contributed by atoms with van der Waals surface area (Å²) in [7, 11) is 0. The highest BCUT2D eigenvalue weighted by atomic mass is 127. The molecule has 6 rings (SSSR count). The van der Waals surface area contributed by atoms with E-state index in [2.05, 4.69) is 60.7 Å². The highest BCUT2D eigenvalue weighted by Crippen LogP contribution is 2.30. The van der Waals surface area contributed by atoms with Gasteiger partial charge in [-0.3, -0.25) is 0 Å². The van der Waals surface area contributed by atoms with Crippen molar-refractivity contribution >= 4 is 28.0 Å². The predicted molar refractivity (Wildman–Crippen MR) is 159 cm³/mol. The molecular formula is C36H10BF20I. The number of benzene rings is 6. The maximum absolute atomic E-state index is 15.4. The van der Waals surface area contributed by atoms with E-state index in [1.165, 1.54) is 7.14 Å². The van der Waals surface area contributed by atoms with Gasteiger partial charge in [0.15, 0.2) is 76.9 Å². The van der Waals surface area contributed by atoms with Crippen LogP contribution in [0.4, 0.5) is 87.8 Å². The second-order valence-electron chi connectivity index (χ2n) is 11.5. The molecule has 0 saturated heterocycles. The standard InChI is InChI=1S/C24BF20.C12H10I/c26-5-1(6(27)14(35)21(42)13(5)34)25(2-7(28)15(36)22(43)16(37)8(2)29,3-9(30)17(38)23(44)18(39)10(3)31)4-11(32)19(40)24(45)20(41)12(4)33;1-3-7-11(8-4-1)13-12-9-5-2-6-10-12/h;1-10H/q-1;+1. The molecule has 6 aromatic carbocycles. The van der Waals surface area contributed by atoms with Crippen LogP contribution in [0.25, 0.3) is 0 Å². The van der Waals surface area contributed by atoms with Gasteiger partial charge in [0.2, 0.25) is 0 Å². The second kappa shape index (κ2) is 16.5. The van der Waals surface area contributed by atoms with Gasteiger partial charge in [-0.25, -0.2) is 87.8 Å². The van der Waals surface area contributed by atoms with Gasteiger partial charge in [0.25, 0.3) is 0 Å². The fourth-order valence-electron chi connectivity index (χ4n) is 5.96. The molecule has 0 heterocycles. The lowest BCUT2D eigenvalue weighted by Crippen LogP contribution is -3.61. The first-order valence-corrected chi connectivity index (χ1v) is 17.3. The van der Waals surface area contributed by atoms with Crippen LogP contribution in [0.15, 0.2) is 60.7 Å². The van der Waals surface area contributed by atoms with Gasteiger partial charge in [-0.2, -0.15) is 0 Å². The first-order valence-electron chi connectivity index (χ1n) is 15.1. The highest BCUT2D eigenvalue weighted by molar-refractivity contribution is 7.20. The van der Waals surface area contributed by atoms with Gasteiger partial charge in [-0.1, -0.05) is 36.4 Å². The average Bonchev–Trinajstić information content (AvgIpc) is 3.21. The van der Waals surface area contributed by atoms with Crippen molar-refractivity contribution in [2.24, 2.45) is 0 Å². The summed E-state index contributed by atoms with van der Waals surface area (Å²) < 4.78 is 297. The second-order valence-corrected chi connectivity index (χ2v) is 14.5. The largest absolute Gasteiger partial charge is 0.357 e. The van der Waals surface area contributed by atoms with Crippen LogP contribution in [0.5, 0.6) is 0 Å². The summed E-state index contributed by atoms with van der Waals surface area (Å²) in [6.45, 7) is 0. The zero-order valence-electron chi connectivity index (χ0n) is 27.3. The molecule has 58 heavy (non-hydrogen) atoms. The number of hydrogen-bond donors (Lipinski definition) is 0. The summed E-state index contributed by atoms with van der Waals surface area (Å²) in [5, 5.41) is 0. The number of hydrogen-bond acceptors (Lipinski definition) is 0. The zero-order chi connectivity index (χ0) is 43.3. The van der Waals surface area contributed by atoms with Crippen LogP contribution in [0, 0.1) is 123 Å². The Kier molecular flexibility index (Phi) is 12.5. The van der Waals surface area contributed by atoms with E-state index >= 15 is 35.1 Å². The molecule has 6 aromatic rings. The third kappa shape index (κ3) is 6.91. The molecule has 0 bridgehead atoms. The van der Waals surface area contributed by atoms with Crippen molar-refractivity contribution in [3.8, 4) is 0 Å². The van der Waals surface area contributed by atoms with Crippen molar-refractivity contribution in [2.75, 3.05) is 0 Å². The molecule has 0 atom stereocenters. The van der Waals surface area contributed by atoms with E-state index in [-0.39, 0.29) is 21.2 Å². The molecule has 0 saturated carbocycles. The Labute approximate surface area is 320 Å². The Balaban J connectivity index is 0.000000414. The van der Waals surface area contributed by atoms with Crippen molar-refractivity contribution in [1.29, 1.82) is 0 Å². The van der Waals surface area contributed by atoms with E-state index in [1.807, 2.05) is 0 Å². The van der Waals surface area contributed by atoms with E-state index in [0.29, 0.717) is 0 Å². The van der Waals surface area contributed by atoms with Crippen molar-refractivity contribution in [2.45, 2.75) is 0 Å². The fourth-order valence-corrected chi connectivity index (χ4v) is 8.22. The molecule has 0 aliphatic carbocycles. The van der Waals surface area contributed by atoms with Crippen molar-refractivity contribution < 1.29 is 109 Å². The molecule has 0 aromatic heterocycles. The Morgan fingerprint density at radius 2 is 0.379 bits per heavy atom. The maximum Gasteiger partial charge on any atom is 0.357 e. The summed E-state index contributed by atoms with van der Waals surface area (Å²) in [4.78, 5) is 0. The lowest BCUT2D eigenvalue weighted by Gasteiger charge is -2.44. The minimum absolute atomic E-state index is 0.0287. The molecule has 0 aliphatic rings. The minimum atomic E-state index is -7.22. The van der Waals surface area contributed by atoms with Crippen molar-refractivity contribution in [1.82, 2.24) is 0 Å². The highest BCUT2D eigenvalue weighted by Gasteiger charge is 2.52. The van der Waals surface area contributed by atoms with E-state index in [4.69, 9.17) is 0 Å². The Bertz CT molecular complexity index is 2170. The lowest BCUT2D eigenvalue weighted by atomic mass is 9.12. The topological polar surface area (TPSA) is 0 Å². The smallest absolute Gasteiger partial charge is 0.207 e. The zero-order valence-corrected chi connectivity index (χ0v) is 29.4. The monoisotopic (exact) mass is 960 g/mol. The van der Waals surface area contributed by atoms with Crippen LogP contribution >= 0.6 is 0 Å². The SMILES string of the molecule is Fc1c(F)c(F)c([B-](c2c(F)c(F)c(F)c(F)c2F)(c2c(F)c(F)c(F)c(F)c2F)c2c(F)c(F)c(F)c(F)c2F)c(F)c1F.c1ccc([I+]c2ccccc2)cc1. The summed E-state index contributed by atoms with van der Waals surface area (Å²) >= 11 is 0.0287. The van der Waals surface area contributed by atoms with Crippen LogP contribution in [-0.2, 0) is 0 Å². The normalized spacial score (nSPS) is 11.5. The van der Waals surface area contributed by atoms with Gasteiger partial charge >= 0.3 is 21.2 Å². The van der Waals surface area contributed by atoms with Crippen LogP contribution < -0.4 is 43.1 Å². The van der Waals surface area contributed by atoms with Crippen LogP contribution in [0.3, 0.4) is 0 Å². The van der Waals surface area contributed by atoms with E-state index in [9.17, 15) is 52.7 Å². The summed E-state index contributed by atoms with van der Waals surface area (Å²) in [6.07, 6.45) is -7.22. The molecule has 22 heteroatoms. The predicted octanol–water partition coefficient (Wildman–Crippen LogP) is 5.66. The first kappa shape index (κ1) is 43.8. The molecule has 0 unspecified atom stereocenters. The average molecular weight is 960 g/mol. The summed E-state index contributed by atoms with van der Waals surface area (Å²) in [6, 6.07) is 21.4. The van der Waals surface area contributed by atoms with Gasteiger partial charge in [-0.05, 0) is 24.3 Å². The molecule has 0 fully saturated rings. The van der Waals surface area contributed by atoms with Gasteiger partial charge < -0.3 is 0 Å². The molecule has 0 amide bonds. The fraction of sp³-hybridized carbons (Fsp3) is 0. The first-order chi connectivity index (χ1) is 27.2. The van der Waals surface area contributed by atoms with Gasteiger partial charge in [0.1, 0.15) is 52.7 Å². The molecule has 0 N–H and O–H groups in total. The van der Waals surface area contributed by atoms with E-state index in [0.717, 1.165) is 0 Å². The summed E-state index contributed by atoms with van der Waals surface area (Å²) in [5.74, 6) is -71.4. The Hall–Kier alpha value is -5.29. The third-order valence-electron chi connectivity index (χ3n) is 8.39. The Morgan fingerprint density at radius 1 is 0.224 bits per heavy atom. The number of halogens is 21. The number of rotatable bonds is 6. The molecular weight excluding hydrogens is 950 g/mol. The van der Waals surface area contributed by atoms with Crippen molar-refractivity contribution in [3.63, 3.8) is 0 Å². The quantitative estimate of drug-likeness (QED) is 0.0666. The van der Waals surface area contributed by atoms with Crippen LogP contribution in [-0.4, -0.2) is 6.15 Å². The molecule has 0 radical (unpaired) electrons. The van der Waals surface area contributed by atoms with Gasteiger partial charge in [-0.15, -0.1) is 21.9 Å². The van der Waals surface area contributed by atoms with Crippen LogP contribution in [0.1, 0.15) is 0 Å². The molecule has 304 valence electrons. The van der Waals surface area contributed by atoms with E-state index < -0.39 is 144 Å². The van der Waals surface area contributed by atoms with Crippen molar-refractivity contribution in [3.05, 3.63) is 184 Å². The summed E-state index contributed by atoms with van der Waals surface area (Å²) in [5.41, 5.74) is -14.3. The van der Waals surface area contributed by atoms with E-state index in [1.54, 1.807) is 0 Å².